The number of hydrogen-bond acceptors (Lipinski definition) is 2. The molecule has 0 fully saturated rings. The molecule has 0 bridgehead atoms. The summed E-state index contributed by atoms with van der Waals surface area (Å²) >= 11 is 0. The number of aromatic amines is 1. The standard InChI is InChI=1S/C12H13NO2/c1-2-5-12(14)15-11-8-13-10-7-4-3-6-9(10)11/h3-4,6-8,13H,2,5H2,1H3. The van der Waals surface area contributed by atoms with Crippen LogP contribution in [0, 0.1) is 0 Å². The summed E-state index contributed by atoms with van der Waals surface area (Å²) < 4.78 is 5.24. The third kappa shape index (κ3) is 2.01. The number of carbonyl (C=O) groups is 1. The Labute approximate surface area is 88.1 Å². The van der Waals surface area contributed by atoms with Gasteiger partial charge in [0, 0.05) is 23.5 Å². The van der Waals surface area contributed by atoms with E-state index in [0.717, 1.165) is 17.3 Å². The van der Waals surface area contributed by atoms with Gasteiger partial charge in [-0.15, -0.1) is 0 Å². The Morgan fingerprint density at radius 1 is 1.40 bits per heavy atom. The predicted octanol–water partition coefficient (Wildman–Crippen LogP) is 2.87. The van der Waals surface area contributed by atoms with Crippen LogP contribution in [0.4, 0.5) is 0 Å². The molecule has 0 aliphatic rings. The van der Waals surface area contributed by atoms with E-state index in [1.54, 1.807) is 6.20 Å². The number of fused-ring (bicyclic) bond motifs is 1. The van der Waals surface area contributed by atoms with Crippen molar-refractivity contribution in [2.75, 3.05) is 0 Å². The van der Waals surface area contributed by atoms with Crippen LogP contribution in [0.15, 0.2) is 30.5 Å². The zero-order valence-corrected chi connectivity index (χ0v) is 8.62. The van der Waals surface area contributed by atoms with Gasteiger partial charge in [0.25, 0.3) is 0 Å². The highest BCUT2D eigenvalue weighted by atomic mass is 16.5. The average molecular weight is 203 g/mol. The first-order chi connectivity index (χ1) is 7.31. The van der Waals surface area contributed by atoms with E-state index in [1.165, 1.54) is 0 Å². The second-order valence-corrected chi connectivity index (χ2v) is 3.42. The predicted molar refractivity (Wildman–Crippen MR) is 58.8 cm³/mol. The summed E-state index contributed by atoms with van der Waals surface area (Å²) in [6.45, 7) is 1.95. The summed E-state index contributed by atoms with van der Waals surface area (Å²) in [6.07, 6.45) is 2.99. The maximum atomic E-state index is 11.3. The van der Waals surface area contributed by atoms with Crippen molar-refractivity contribution in [2.24, 2.45) is 0 Å². The minimum atomic E-state index is -0.178. The minimum Gasteiger partial charge on any atom is -0.424 e. The van der Waals surface area contributed by atoms with Crippen molar-refractivity contribution < 1.29 is 9.53 Å². The number of ether oxygens (including phenoxy) is 1. The molecule has 0 unspecified atom stereocenters. The fraction of sp³-hybridized carbons (Fsp3) is 0.250. The molecule has 78 valence electrons. The fourth-order valence-corrected chi connectivity index (χ4v) is 1.51. The number of carbonyl (C=O) groups excluding carboxylic acids is 1. The second kappa shape index (κ2) is 4.17. The Balaban J connectivity index is 2.25. The number of hydrogen-bond donors (Lipinski definition) is 1. The number of nitrogens with one attached hydrogen (secondary N) is 1. The Morgan fingerprint density at radius 3 is 3.00 bits per heavy atom. The zero-order valence-electron chi connectivity index (χ0n) is 8.62. The van der Waals surface area contributed by atoms with E-state index in [1.807, 2.05) is 31.2 Å². The van der Waals surface area contributed by atoms with Crippen LogP contribution in [0.25, 0.3) is 10.9 Å². The van der Waals surface area contributed by atoms with E-state index >= 15 is 0 Å². The van der Waals surface area contributed by atoms with Crippen LogP contribution in [0.2, 0.25) is 0 Å². The number of para-hydroxylation sites is 1. The molecule has 3 heteroatoms. The van der Waals surface area contributed by atoms with Gasteiger partial charge in [-0.05, 0) is 18.6 Å². The highest BCUT2D eigenvalue weighted by Crippen LogP contribution is 2.25. The smallest absolute Gasteiger partial charge is 0.311 e. The van der Waals surface area contributed by atoms with Crippen LogP contribution in [0.5, 0.6) is 5.75 Å². The molecule has 2 rings (SSSR count). The highest BCUT2D eigenvalue weighted by Gasteiger charge is 2.08. The molecule has 0 saturated heterocycles. The molecule has 15 heavy (non-hydrogen) atoms. The topological polar surface area (TPSA) is 42.1 Å². The summed E-state index contributed by atoms with van der Waals surface area (Å²) in [4.78, 5) is 14.4. The van der Waals surface area contributed by atoms with Crippen molar-refractivity contribution in [2.45, 2.75) is 19.8 Å². The molecule has 0 saturated carbocycles. The van der Waals surface area contributed by atoms with E-state index in [0.29, 0.717) is 12.2 Å². The fourth-order valence-electron chi connectivity index (χ4n) is 1.51. The lowest BCUT2D eigenvalue weighted by Gasteiger charge is -2.00. The summed E-state index contributed by atoms with van der Waals surface area (Å²) in [5.41, 5.74) is 0.983. The number of esters is 1. The van der Waals surface area contributed by atoms with Gasteiger partial charge in [-0.2, -0.15) is 0 Å². The van der Waals surface area contributed by atoms with Gasteiger partial charge in [0.05, 0.1) is 0 Å². The van der Waals surface area contributed by atoms with Gasteiger partial charge in [0.15, 0.2) is 5.75 Å². The van der Waals surface area contributed by atoms with Gasteiger partial charge in [0.2, 0.25) is 0 Å². The molecule has 1 N–H and O–H groups in total. The molecule has 2 aromatic rings. The van der Waals surface area contributed by atoms with Crippen LogP contribution in [-0.2, 0) is 4.79 Å². The Bertz CT molecular complexity index is 473. The van der Waals surface area contributed by atoms with Crippen molar-refractivity contribution in [1.29, 1.82) is 0 Å². The number of H-pyrrole nitrogens is 1. The SMILES string of the molecule is CCCC(=O)Oc1c[nH]c2ccccc12. The Kier molecular flexibility index (Phi) is 2.72. The van der Waals surface area contributed by atoms with E-state index in [-0.39, 0.29) is 5.97 Å². The first-order valence-electron chi connectivity index (χ1n) is 5.08. The quantitative estimate of drug-likeness (QED) is 0.779. The summed E-state index contributed by atoms with van der Waals surface area (Å²) in [7, 11) is 0. The molecule has 0 spiro atoms. The zero-order chi connectivity index (χ0) is 10.7. The van der Waals surface area contributed by atoms with Crippen molar-refractivity contribution in [3.05, 3.63) is 30.5 Å². The van der Waals surface area contributed by atoms with Gasteiger partial charge >= 0.3 is 5.97 Å². The highest BCUT2D eigenvalue weighted by molar-refractivity contribution is 5.88. The van der Waals surface area contributed by atoms with Gasteiger partial charge in [-0.3, -0.25) is 4.79 Å². The molecule has 0 radical (unpaired) electrons. The van der Waals surface area contributed by atoms with Crippen LogP contribution in [0.1, 0.15) is 19.8 Å². The second-order valence-electron chi connectivity index (χ2n) is 3.42. The minimum absolute atomic E-state index is 0.178. The number of aromatic nitrogens is 1. The van der Waals surface area contributed by atoms with Crippen LogP contribution >= 0.6 is 0 Å². The molecule has 0 atom stereocenters. The first kappa shape index (κ1) is 9.77. The lowest BCUT2D eigenvalue weighted by atomic mass is 10.2. The molecule has 1 aromatic heterocycles. The molecule has 0 amide bonds. The number of rotatable bonds is 3. The van der Waals surface area contributed by atoms with Crippen LogP contribution in [0.3, 0.4) is 0 Å². The van der Waals surface area contributed by atoms with Crippen LogP contribution < -0.4 is 4.74 Å². The van der Waals surface area contributed by atoms with Gasteiger partial charge in [-0.25, -0.2) is 0 Å². The number of benzene rings is 1. The first-order valence-corrected chi connectivity index (χ1v) is 5.08. The molecule has 3 nitrogen and oxygen atoms in total. The molecule has 1 aromatic carbocycles. The third-order valence-electron chi connectivity index (χ3n) is 2.23. The summed E-state index contributed by atoms with van der Waals surface area (Å²) in [5, 5.41) is 0.946. The maximum Gasteiger partial charge on any atom is 0.311 e. The molecule has 0 aliphatic heterocycles. The van der Waals surface area contributed by atoms with Crippen LogP contribution in [-0.4, -0.2) is 11.0 Å². The third-order valence-corrected chi connectivity index (χ3v) is 2.23. The van der Waals surface area contributed by atoms with E-state index in [4.69, 9.17) is 4.74 Å². The van der Waals surface area contributed by atoms with Crippen molar-refractivity contribution in [3.63, 3.8) is 0 Å². The summed E-state index contributed by atoms with van der Waals surface area (Å²) in [5.74, 6) is 0.436. The van der Waals surface area contributed by atoms with Crippen molar-refractivity contribution >= 4 is 16.9 Å². The van der Waals surface area contributed by atoms with E-state index in [9.17, 15) is 4.79 Å². The van der Waals surface area contributed by atoms with Crippen molar-refractivity contribution in [3.8, 4) is 5.75 Å². The molecular weight excluding hydrogens is 190 g/mol. The van der Waals surface area contributed by atoms with E-state index < -0.39 is 0 Å². The molecular formula is C12H13NO2. The summed E-state index contributed by atoms with van der Waals surface area (Å²) in [6, 6.07) is 7.75. The average Bonchev–Trinajstić information content (AvgIpc) is 2.62. The van der Waals surface area contributed by atoms with Gasteiger partial charge in [0.1, 0.15) is 0 Å². The van der Waals surface area contributed by atoms with Gasteiger partial charge in [-0.1, -0.05) is 19.1 Å². The Hall–Kier alpha value is -1.77. The maximum absolute atomic E-state index is 11.3. The Morgan fingerprint density at radius 2 is 2.20 bits per heavy atom. The van der Waals surface area contributed by atoms with E-state index in [2.05, 4.69) is 4.98 Å². The monoisotopic (exact) mass is 203 g/mol. The lowest BCUT2D eigenvalue weighted by molar-refractivity contribution is -0.134. The lowest BCUT2D eigenvalue weighted by Crippen LogP contribution is -2.06. The largest absolute Gasteiger partial charge is 0.424 e. The van der Waals surface area contributed by atoms with Crippen molar-refractivity contribution in [1.82, 2.24) is 4.98 Å². The normalized spacial score (nSPS) is 10.5. The van der Waals surface area contributed by atoms with Gasteiger partial charge < -0.3 is 9.72 Å². The molecule has 0 aliphatic carbocycles. The molecule has 1 heterocycles.